The Balaban J connectivity index is 1.97. The molecule has 0 N–H and O–H groups in total. The molecule has 22 heavy (non-hydrogen) atoms. The summed E-state index contributed by atoms with van der Waals surface area (Å²) in [5.74, 6) is 0. The van der Waals surface area contributed by atoms with Crippen molar-refractivity contribution in [3.05, 3.63) is 16.9 Å². The average molecular weight is 344 g/mol. The normalized spacial score (nSPS) is 19.1. The number of rotatable bonds is 2. The SMILES string of the molecule is Cc1cc(Cl)nc(S[C@@H]2CCCN(C(=O)OC(C)(C)C)C2)n1. The highest BCUT2D eigenvalue weighted by molar-refractivity contribution is 7.99. The molecule has 0 unspecified atom stereocenters. The molecule has 1 atom stereocenters. The highest BCUT2D eigenvalue weighted by atomic mass is 35.5. The number of nitrogens with zero attached hydrogens (tertiary/aromatic N) is 3. The number of hydrogen-bond acceptors (Lipinski definition) is 5. The molecule has 1 saturated heterocycles. The molecule has 0 aromatic carbocycles. The van der Waals surface area contributed by atoms with Crippen molar-refractivity contribution < 1.29 is 9.53 Å². The van der Waals surface area contributed by atoms with E-state index in [9.17, 15) is 4.79 Å². The van der Waals surface area contributed by atoms with Gasteiger partial charge in [-0.15, -0.1) is 0 Å². The van der Waals surface area contributed by atoms with Gasteiger partial charge in [-0.25, -0.2) is 14.8 Å². The van der Waals surface area contributed by atoms with Crippen molar-refractivity contribution in [2.45, 2.75) is 56.5 Å². The van der Waals surface area contributed by atoms with Crippen LogP contribution in [0.25, 0.3) is 0 Å². The van der Waals surface area contributed by atoms with E-state index in [2.05, 4.69) is 9.97 Å². The first kappa shape index (κ1) is 17.3. The van der Waals surface area contributed by atoms with Gasteiger partial charge in [0.1, 0.15) is 10.8 Å². The molecule has 1 aliphatic heterocycles. The van der Waals surface area contributed by atoms with E-state index in [0.29, 0.717) is 16.9 Å². The van der Waals surface area contributed by atoms with Crippen LogP contribution in [0, 0.1) is 6.92 Å². The van der Waals surface area contributed by atoms with Gasteiger partial charge in [0.2, 0.25) is 0 Å². The van der Waals surface area contributed by atoms with Gasteiger partial charge in [-0.2, -0.15) is 0 Å². The molecule has 1 aromatic heterocycles. The van der Waals surface area contributed by atoms with E-state index in [1.165, 1.54) is 0 Å². The Labute approximate surface area is 140 Å². The lowest BCUT2D eigenvalue weighted by Gasteiger charge is -2.33. The molecule has 0 aliphatic carbocycles. The first-order valence-corrected chi connectivity index (χ1v) is 8.64. The van der Waals surface area contributed by atoms with E-state index in [-0.39, 0.29) is 11.3 Å². The minimum atomic E-state index is -0.468. The van der Waals surface area contributed by atoms with Crippen LogP contribution in [0.3, 0.4) is 0 Å². The van der Waals surface area contributed by atoms with Crippen molar-refractivity contribution in [3.63, 3.8) is 0 Å². The number of hydrogen-bond donors (Lipinski definition) is 0. The van der Waals surface area contributed by atoms with Crippen molar-refractivity contribution in [2.24, 2.45) is 0 Å². The molecule has 1 aliphatic rings. The van der Waals surface area contributed by atoms with Crippen molar-refractivity contribution in [2.75, 3.05) is 13.1 Å². The molecule has 0 saturated carbocycles. The zero-order valence-corrected chi connectivity index (χ0v) is 15.0. The van der Waals surface area contributed by atoms with Gasteiger partial charge in [0.25, 0.3) is 0 Å². The van der Waals surface area contributed by atoms with Crippen LogP contribution in [-0.4, -0.2) is 44.9 Å². The molecule has 2 rings (SSSR count). The van der Waals surface area contributed by atoms with Crippen LogP contribution < -0.4 is 0 Å². The molecule has 0 bridgehead atoms. The van der Waals surface area contributed by atoms with Gasteiger partial charge in [0, 0.05) is 24.0 Å². The maximum atomic E-state index is 12.2. The number of thioether (sulfide) groups is 1. The molecular formula is C15H22ClN3O2S. The van der Waals surface area contributed by atoms with Crippen molar-refractivity contribution >= 4 is 29.5 Å². The quantitative estimate of drug-likeness (QED) is 0.601. The molecule has 7 heteroatoms. The minimum Gasteiger partial charge on any atom is -0.444 e. The topological polar surface area (TPSA) is 55.3 Å². The summed E-state index contributed by atoms with van der Waals surface area (Å²) in [6.07, 6.45) is 1.73. The largest absolute Gasteiger partial charge is 0.444 e. The lowest BCUT2D eigenvalue weighted by molar-refractivity contribution is 0.0220. The number of aryl methyl sites for hydroxylation is 1. The van der Waals surface area contributed by atoms with Crippen LogP contribution in [0.1, 0.15) is 39.3 Å². The first-order chi connectivity index (χ1) is 10.2. The Morgan fingerprint density at radius 1 is 1.45 bits per heavy atom. The number of aromatic nitrogens is 2. The van der Waals surface area contributed by atoms with Gasteiger partial charge in [-0.3, -0.25) is 0 Å². The molecule has 122 valence electrons. The van der Waals surface area contributed by atoms with E-state index in [0.717, 1.165) is 25.1 Å². The third kappa shape index (κ3) is 5.32. The maximum absolute atomic E-state index is 12.2. The zero-order valence-electron chi connectivity index (χ0n) is 13.4. The predicted molar refractivity (Wildman–Crippen MR) is 88.5 cm³/mol. The van der Waals surface area contributed by atoms with Crippen LogP contribution in [-0.2, 0) is 4.74 Å². The second-order valence-electron chi connectivity index (χ2n) is 6.42. The second-order valence-corrected chi connectivity index (χ2v) is 8.08. The Kier molecular flexibility index (Phi) is 5.55. The Bertz CT molecular complexity index is 528. The molecule has 0 radical (unpaired) electrons. The fourth-order valence-electron chi connectivity index (χ4n) is 2.23. The summed E-state index contributed by atoms with van der Waals surface area (Å²) in [5, 5.41) is 1.38. The number of amides is 1. The maximum Gasteiger partial charge on any atom is 0.410 e. The van der Waals surface area contributed by atoms with Gasteiger partial charge < -0.3 is 9.64 Å². The highest BCUT2D eigenvalue weighted by Crippen LogP contribution is 2.28. The molecule has 0 spiro atoms. The Morgan fingerprint density at radius 2 is 2.18 bits per heavy atom. The van der Waals surface area contributed by atoms with E-state index >= 15 is 0 Å². The summed E-state index contributed by atoms with van der Waals surface area (Å²) in [6.45, 7) is 8.92. The van der Waals surface area contributed by atoms with Gasteiger partial charge in [0.05, 0.1) is 0 Å². The van der Waals surface area contributed by atoms with Gasteiger partial charge in [0.15, 0.2) is 5.16 Å². The predicted octanol–water partition coefficient (Wildman–Crippen LogP) is 3.93. The summed E-state index contributed by atoms with van der Waals surface area (Å²) in [4.78, 5) is 22.6. The summed E-state index contributed by atoms with van der Waals surface area (Å²) in [6, 6.07) is 1.74. The molecule has 1 fully saturated rings. The van der Waals surface area contributed by atoms with E-state index in [1.807, 2.05) is 27.7 Å². The lowest BCUT2D eigenvalue weighted by atomic mass is 10.1. The highest BCUT2D eigenvalue weighted by Gasteiger charge is 2.28. The van der Waals surface area contributed by atoms with Gasteiger partial charge in [-0.05, 0) is 46.6 Å². The van der Waals surface area contributed by atoms with Crippen molar-refractivity contribution in [1.29, 1.82) is 0 Å². The van der Waals surface area contributed by atoms with Crippen LogP contribution >= 0.6 is 23.4 Å². The average Bonchev–Trinajstić information content (AvgIpc) is 2.35. The van der Waals surface area contributed by atoms with Gasteiger partial charge >= 0.3 is 6.09 Å². The van der Waals surface area contributed by atoms with E-state index in [4.69, 9.17) is 16.3 Å². The zero-order chi connectivity index (χ0) is 16.3. The summed E-state index contributed by atoms with van der Waals surface area (Å²) < 4.78 is 5.44. The summed E-state index contributed by atoms with van der Waals surface area (Å²) >= 11 is 7.55. The number of carbonyl (C=O) groups is 1. The van der Waals surface area contributed by atoms with E-state index < -0.39 is 5.60 Å². The fraction of sp³-hybridized carbons (Fsp3) is 0.667. The number of carbonyl (C=O) groups excluding carboxylic acids is 1. The smallest absolute Gasteiger partial charge is 0.410 e. The van der Waals surface area contributed by atoms with Crippen LogP contribution in [0.15, 0.2) is 11.2 Å². The molecule has 5 nitrogen and oxygen atoms in total. The van der Waals surface area contributed by atoms with Crippen molar-refractivity contribution in [1.82, 2.24) is 14.9 Å². The number of ether oxygens (including phenoxy) is 1. The summed E-state index contributed by atoms with van der Waals surface area (Å²) in [5.41, 5.74) is 0.381. The third-order valence-electron chi connectivity index (χ3n) is 3.10. The summed E-state index contributed by atoms with van der Waals surface area (Å²) in [7, 11) is 0. The minimum absolute atomic E-state index is 0.249. The fourth-order valence-corrected chi connectivity index (χ4v) is 3.71. The Hall–Kier alpha value is -1.01. The second kappa shape index (κ2) is 7.04. The Morgan fingerprint density at radius 3 is 2.82 bits per heavy atom. The lowest BCUT2D eigenvalue weighted by Crippen LogP contribution is -2.43. The molecular weight excluding hydrogens is 322 g/mol. The number of piperidine rings is 1. The van der Waals surface area contributed by atoms with Crippen LogP contribution in [0.5, 0.6) is 0 Å². The third-order valence-corrected chi connectivity index (χ3v) is 4.41. The van der Waals surface area contributed by atoms with Crippen LogP contribution in [0.2, 0.25) is 5.15 Å². The number of likely N-dealkylation sites (tertiary alicyclic amines) is 1. The van der Waals surface area contributed by atoms with Crippen LogP contribution in [0.4, 0.5) is 4.79 Å². The standard InChI is InChI=1S/C15H22ClN3O2S/c1-10-8-12(16)18-13(17-10)22-11-6-5-7-19(9-11)14(20)21-15(2,3)4/h8,11H,5-7,9H2,1-4H3/t11-/m1/s1. The monoisotopic (exact) mass is 343 g/mol. The van der Waals surface area contributed by atoms with E-state index in [1.54, 1.807) is 22.7 Å². The first-order valence-electron chi connectivity index (χ1n) is 7.39. The molecule has 1 amide bonds. The molecule has 2 heterocycles. The number of halogens is 1. The molecule has 1 aromatic rings. The van der Waals surface area contributed by atoms with Crippen molar-refractivity contribution in [3.8, 4) is 0 Å². The van der Waals surface area contributed by atoms with Gasteiger partial charge in [-0.1, -0.05) is 23.4 Å².